The summed E-state index contributed by atoms with van der Waals surface area (Å²) < 4.78 is 0. The van der Waals surface area contributed by atoms with Crippen LogP contribution in [0.15, 0.2) is 42.5 Å². The van der Waals surface area contributed by atoms with Crippen LogP contribution in [0.4, 0.5) is 0 Å². The van der Waals surface area contributed by atoms with Crippen molar-refractivity contribution in [2.75, 3.05) is 0 Å². The van der Waals surface area contributed by atoms with Gasteiger partial charge in [0.1, 0.15) is 0 Å². The highest BCUT2D eigenvalue weighted by Gasteiger charge is 2.29. The van der Waals surface area contributed by atoms with Gasteiger partial charge in [0, 0.05) is 0 Å². The first-order valence-corrected chi connectivity index (χ1v) is 8.04. The smallest absolute Gasteiger partial charge is 0.0134 e. The largest absolute Gasteiger partial charge is 0.0996 e. The first-order chi connectivity index (χ1) is 9.32. The van der Waals surface area contributed by atoms with Crippen LogP contribution in [0.1, 0.15) is 59.4 Å². The summed E-state index contributed by atoms with van der Waals surface area (Å²) in [5.41, 5.74) is 3.22. The van der Waals surface area contributed by atoms with Crippen molar-refractivity contribution in [1.29, 1.82) is 0 Å². The molecule has 0 saturated carbocycles. The molecular weight excluding hydrogens is 240 g/mol. The van der Waals surface area contributed by atoms with Crippen molar-refractivity contribution in [2.24, 2.45) is 17.3 Å². The first-order valence-electron chi connectivity index (χ1n) is 8.04. The van der Waals surface area contributed by atoms with Gasteiger partial charge in [-0.25, -0.2) is 0 Å². The number of aryl methyl sites for hydroxylation is 1. The van der Waals surface area contributed by atoms with Gasteiger partial charge in [0.05, 0.1) is 0 Å². The Hall–Kier alpha value is -1.04. The minimum absolute atomic E-state index is 0.324. The minimum atomic E-state index is 0.324. The SMILES string of the molecule is C=C(CCCCc1ccccc1)C(C(C)C)C(C)(C)C. The summed E-state index contributed by atoms with van der Waals surface area (Å²) >= 11 is 0. The second-order valence-electron chi connectivity index (χ2n) is 7.44. The quantitative estimate of drug-likeness (QED) is 0.405. The van der Waals surface area contributed by atoms with Gasteiger partial charge in [0.25, 0.3) is 0 Å². The van der Waals surface area contributed by atoms with Gasteiger partial charge in [-0.05, 0) is 48.5 Å². The fourth-order valence-electron chi connectivity index (χ4n) is 3.57. The van der Waals surface area contributed by atoms with Gasteiger partial charge in [-0.2, -0.15) is 0 Å². The lowest BCUT2D eigenvalue weighted by atomic mass is 9.69. The molecule has 0 bridgehead atoms. The molecule has 0 N–H and O–H groups in total. The predicted molar refractivity (Wildman–Crippen MR) is 90.9 cm³/mol. The van der Waals surface area contributed by atoms with E-state index in [1.54, 1.807) is 0 Å². The van der Waals surface area contributed by atoms with Crippen molar-refractivity contribution >= 4 is 0 Å². The zero-order chi connectivity index (χ0) is 15.2. The number of unbranched alkanes of at least 4 members (excludes halogenated alkanes) is 1. The van der Waals surface area contributed by atoms with E-state index in [4.69, 9.17) is 0 Å². The standard InChI is InChI=1S/C20H32/c1-16(2)19(20(4,5)6)17(3)12-10-11-15-18-13-8-7-9-14-18/h7-9,13-14,16,19H,3,10-12,15H2,1-2,4-6H3. The lowest BCUT2D eigenvalue weighted by Crippen LogP contribution is -2.27. The van der Waals surface area contributed by atoms with Gasteiger partial charge in [0.15, 0.2) is 0 Å². The topological polar surface area (TPSA) is 0 Å². The normalized spacial score (nSPS) is 13.5. The fraction of sp³-hybridized carbons (Fsp3) is 0.600. The molecular formula is C20H32. The summed E-state index contributed by atoms with van der Waals surface area (Å²) in [5, 5.41) is 0. The molecule has 1 aromatic rings. The van der Waals surface area contributed by atoms with Crippen LogP contribution >= 0.6 is 0 Å². The molecule has 0 amide bonds. The average Bonchev–Trinajstić information content (AvgIpc) is 2.33. The predicted octanol–water partition coefficient (Wildman–Crippen LogP) is 6.27. The third-order valence-electron chi connectivity index (χ3n) is 4.10. The van der Waals surface area contributed by atoms with Crippen molar-refractivity contribution < 1.29 is 0 Å². The maximum atomic E-state index is 4.39. The maximum absolute atomic E-state index is 4.39. The van der Waals surface area contributed by atoms with E-state index >= 15 is 0 Å². The summed E-state index contributed by atoms with van der Waals surface area (Å²) in [6, 6.07) is 10.8. The summed E-state index contributed by atoms with van der Waals surface area (Å²) in [7, 11) is 0. The number of rotatable bonds is 7. The molecule has 0 heterocycles. The van der Waals surface area contributed by atoms with Crippen molar-refractivity contribution in [2.45, 2.75) is 60.3 Å². The van der Waals surface area contributed by atoms with Crippen LogP contribution in [-0.2, 0) is 6.42 Å². The lowest BCUT2D eigenvalue weighted by Gasteiger charge is -2.36. The molecule has 0 aliphatic carbocycles. The third-order valence-corrected chi connectivity index (χ3v) is 4.10. The monoisotopic (exact) mass is 272 g/mol. The molecule has 1 atom stereocenters. The van der Waals surface area contributed by atoms with E-state index in [9.17, 15) is 0 Å². The Kier molecular flexibility index (Phi) is 6.52. The zero-order valence-electron chi connectivity index (χ0n) is 14.1. The van der Waals surface area contributed by atoms with Crippen LogP contribution in [-0.4, -0.2) is 0 Å². The van der Waals surface area contributed by atoms with Crippen molar-refractivity contribution in [3.8, 4) is 0 Å². The van der Waals surface area contributed by atoms with Crippen molar-refractivity contribution in [3.63, 3.8) is 0 Å². The van der Waals surface area contributed by atoms with Crippen LogP contribution in [0, 0.1) is 17.3 Å². The average molecular weight is 272 g/mol. The Balaban J connectivity index is 2.39. The molecule has 0 nitrogen and oxygen atoms in total. The molecule has 0 aromatic heterocycles. The number of hydrogen-bond acceptors (Lipinski definition) is 0. The highest BCUT2D eigenvalue weighted by Crippen LogP contribution is 2.38. The van der Waals surface area contributed by atoms with Gasteiger partial charge in [-0.1, -0.05) is 77.1 Å². The van der Waals surface area contributed by atoms with Crippen LogP contribution in [0.25, 0.3) is 0 Å². The van der Waals surface area contributed by atoms with Gasteiger partial charge in [-0.3, -0.25) is 0 Å². The number of benzene rings is 1. The van der Waals surface area contributed by atoms with E-state index in [2.05, 4.69) is 71.5 Å². The van der Waals surface area contributed by atoms with Crippen molar-refractivity contribution in [3.05, 3.63) is 48.0 Å². The van der Waals surface area contributed by atoms with E-state index < -0.39 is 0 Å². The van der Waals surface area contributed by atoms with E-state index in [-0.39, 0.29) is 0 Å². The summed E-state index contributed by atoms with van der Waals surface area (Å²) in [4.78, 5) is 0. The molecule has 0 aliphatic heterocycles. The Morgan fingerprint density at radius 2 is 1.65 bits per heavy atom. The summed E-state index contributed by atoms with van der Waals surface area (Å²) in [6.45, 7) is 16.1. The Bertz CT molecular complexity index is 392. The van der Waals surface area contributed by atoms with Crippen LogP contribution in [0.5, 0.6) is 0 Å². The van der Waals surface area contributed by atoms with E-state index in [0.717, 1.165) is 0 Å². The van der Waals surface area contributed by atoms with Crippen molar-refractivity contribution in [1.82, 2.24) is 0 Å². The highest BCUT2D eigenvalue weighted by molar-refractivity contribution is 5.14. The Morgan fingerprint density at radius 1 is 1.05 bits per heavy atom. The fourth-order valence-corrected chi connectivity index (χ4v) is 3.57. The Morgan fingerprint density at radius 3 is 2.15 bits per heavy atom. The van der Waals surface area contributed by atoms with E-state index in [1.807, 2.05) is 0 Å². The molecule has 0 radical (unpaired) electrons. The van der Waals surface area contributed by atoms with Crippen LogP contribution in [0.2, 0.25) is 0 Å². The summed E-state index contributed by atoms with van der Waals surface area (Å²) in [5.74, 6) is 1.30. The van der Waals surface area contributed by atoms with E-state index in [1.165, 1.54) is 36.8 Å². The van der Waals surface area contributed by atoms with Gasteiger partial charge in [0.2, 0.25) is 0 Å². The molecule has 0 spiro atoms. The summed E-state index contributed by atoms with van der Waals surface area (Å²) in [6.07, 6.45) is 4.88. The molecule has 1 unspecified atom stereocenters. The molecule has 0 saturated heterocycles. The second-order valence-corrected chi connectivity index (χ2v) is 7.44. The molecule has 0 heteroatoms. The molecule has 1 rings (SSSR count). The second kappa shape index (κ2) is 7.67. The number of hydrogen-bond donors (Lipinski definition) is 0. The first kappa shape index (κ1) is 17.0. The lowest BCUT2D eigenvalue weighted by molar-refractivity contribution is 0.212. The third kappa shape index (κ3) is 5.53. The molecule has 1 aromatic carbocycles. The van der Waals surface area contributed by atoms with Crippen LogP contribution in [0.3, 0.4) is 0 Å². The minimum Gasteiger partial charge on any atom is -0.0996 e. The molecule has 0 fully saturated rings. The molecule has 20 heavy (non-hydrogen) atoms. The molecule has 0 aliphatic rings. The maximum Gasteiger partial charge on any atom is -0.0134 e. The van der Waals surface area contributed by atoms with E-state index in [0.29, 0.717) is 17.3 Å². The molecule has 112 valence electrons. The highest BCUT2D eigenvalue weighted by atomic mass is 14.3. The zero-order valence-corrected chi connectivity index (χ0v) is 14.1. The Labute approximate surface area is 126 Å². The van der Waals surface area contributed by atoms with Gasteiger partial charge in [-0.15, -0.1) is 0 Å². The van der Waals surface area contributed by atoms with Gasteiger partial charge < -0.3 is 0 Å². The van der Waals surface area contributed by atoms with Gasteiger partial charge >= 0.3 is 0 Å². The number of allylic oxidation sites excluding steroid dienone is 1. The van der Waals surface area contributed by atoms with Crippen LogP contribution < -0.4 is 0 Å².